The van der Waals surface area contributed by atoms with Gasteiger partial charge >= 0.3 is 5.97 Å². The second-order valence-corrected chi connectivity index (χ2v) is 17.4. The van der Waals surface area contributed by atoms with Gasteiger partial charge in [-0.2, -0.15) is 0 Å². The third-order valence-electron chi connectivity index (χ3n) is 14.6. The van der Waals surface area contributed by atoms with Crippen LogP contribution in [-0.4, -0.2) is 28.9 Å². The fraction of sp³-hybridized carbons (Fsp3) is 0.718. The smallest absolute Gasteiger partial charge is 0.331 e. The van der Waals surface area contributed by atoms with Crippen LogP contribution in [0.4, 0.5) is 0 Å². The lowest BCUT2D eigenvalue weighted by Gasteiger charge is -2.71. The van der Waals surface area contributed by atoms with Crippen molar-refractivity contribution in [3.05, 3.63) is 47.6 Å². The third-order valence-corrected chi connectivity index (χ3v) is 14.6. The van der Waals surface area contributed by atoms with E-state index in [2.05, 4.69) is 54.5 Å². The summed E-state index contributed by atoms with van der Waals surface area (Å²) in [6.45, 7) is 17.7. The number of hydrogen-bond acceptors (Lipinski definition) is 4. The topological polar surface area (TPSA) is 66.8 Å². The Kier molecular flexibility index (Phi) is 7.36. The Balaban J connectivity index is 1.25. The zero-order valence-electron chi connectivity index (χ0n) is 27.8. The predicted molar refractivity (Wildman–Crippen MR) is 173 cm³/mol. The summed E-state index contributed by atoms with van der Waals surface area (Å²) in [6, 6.07) is 6.85. The van der Waals surface area contributed by atoms with Crippen molar-refractivity contribution in [1.82, 2.24) is 0 Å². The molecule has 0 amide bonds. The Morgan fingerprint density at radius 1 is 0.907 bits per heavy atom. The number of phenols is 1. The molecule has 1 aromatic rings. The van der Waals surface area contributed by atoms with E-state index < -0.39 is 0 Å². The van der Waals surface area contributed by atoms with Crippen LogP contribution in [0.25, 0.3) is 6.08 Å². The highest BCUT2D eigenvalue weighted by Gasteiger charge is 2.68. The van der Waals surface area contributed by atoms with E-state index in [1.807, 2.05) is 0 Å². The summed E-state index contributed by atoms with van der Waals surface area (Å²) < 4.78 is 6.20. The van der Waals surface area contributed by atoms with Crippen molar-refractivity contribution in [1.29, 1.82) is 0 Å². The standard InChI is InChI=1S/C39H56O4/c1-34(2)20-22-39(25-40)23-21-37(6)28(29(39)24-34)13-14-31-36(5)18-17-32(35(3,4)30(36)16-19-38(31,37)7)43-33(42)15-10-26-8-11-27(41)12-9-26/h8-13,15,29-32,40-41H,14,16-25H2,1-7H3/b15-10+/t29-,30-,31+,32?,36-,37+,38+,39+/m0/s1. The van der Waals surface area contributed by atoms with Gasteiger partial charge in [-0.3, -0.25) is 0 Å². The molecule has 0 heterocycles. The molecule has 0 bridgehead atoms. The molecule has 0 spiro atoms. The molecule has 0 aliphatic heterocycles. The fourth-order valence-electron chi connectivity index (χ4n) is 11.8. The van der Waals surface area contributed by atoms with Gasteiger partial charge < -0.3 is 14.9 Å². The van der Waals surface area contributed by atoms with Gasteiger partial charge in [0.05, 0.1) is 0 Å². The van der Waals surface area contributed by atoms with E-state index in [9.17, 15) is 15.0 Å². The van der Waals surface area contributed by atoms with Crippen LogP contribution in [0.1, 0.15) is 118 Å². The van der Waals surface area contributed by atoms with Crippen LogP contribution in [0.5, 0.6) is 5.75 Å². The van der Waals surface area contributed by atoms with Crippen molar-refractivity contribution >= 4 is 12.0 Å². The highest BCUT2D eigenvalue weighted by molar-refractivity contribution is 5.87. The number of carbonyl (C=O) groups is 1. The Morgan fingerprint density at radius 3 is 2.30 bits per heavy atom. The number of carbonyl (C=O) groups excluding carboxylic acids is 1. The highest BCUT2D eigenvalue weighted by atomic mass is 16.5. The SMILES string of the molecule is CC1(C)CC[C@]2(CO)CC[C@]3(C)C(=CC[C@@H]4[C@@]5(C)CCC(OC(=O)/C=C/c6ccc(O)cc6)C(C)(C)[C@@H]5CC[C@]43C)[C@@H]2C1. The van der Waals surface area contributed by atoms with Gasteiger partial charge in [-0.15, -0.1) is 0 Å². The zero-order chi connectivity index (χ0) is 31.1. The molecule has 236 valence electrons. The Labute approximate surface area is 260 Å². The molecule has 43 heavy (non-hydrogen) atoms. The maximum atomic E-state index is 13.0. The Bertz CT molecular complexity index is 1300. The van der Waals surface area contributed by atoms with E-state index in [4.69, 9.17) is 4.74 Å². The van der Waals surface area contributed by atoms with Gasteiger partial charge in [0.1, 0.15) is 11.9 Å². The molecule has 5 aliphatic carbocycles. The van der Waals surface area contributed by atoms with Crippen molar-refractivity contribution in [2.45, 2.75) is 119 Å². The van der Waals surface area contributed by atoms with Crippen LogP contribution < -0.4 is 0 Å². The van der Waals surface area contributed by atoms with Gasteiger partial charge in [0.2, 0.25) is 0 Å². The summed E-state index contributed by atoms with van der Waals surface area (Å²) in [4.78, 5) is 13.0. The van der Waals surface area contributed by atoms with Crippen molar-refractivity contribution in [3.63, 3.8) is 0 Å². The van der Waals surface area contributed by atoms with Gasteiger partial charge in [0.15, 0.2) is 0 Å². The van der Waals surface area contributed by atoms with Gasteiger partial charge in [-0.05, 0) is 127 Å². The molecule has 4 heteroatoms. The normalized spacial score (nSPS) is 43.0. The monoisotopic (exact) mass is 588 g/mol. The molecule has 6 rings (SSSR count). The number of aromatic hydroxyl groups is 1. The van der Waals surface area contributed by atoms with Gasteiger partial charge in [0.25, 0.3) is 0 Å². The molecule has 1 aromatic carbocycles. The number of aliphatic hydroxyl groups excluding tert-OH is 1. The lowest BCUT2D eigenvalue weighted by molar-refractivity contribution is -0.212. The van der Waals surface area contributed by atoms with Crippen molar-refractivity contribution in [2.24, 2.45) is 50.2 Å². The molecule has 1 unspecified atom stereocenters. The molecular formula is C39H56O4. The van der Waals surface area contributed by atoms with Crippen LogP contribution in [0, 0.1) is 50.2 Å². The number of phenolic OH excluding ortho intramolecular Hbond substituents is 1. The number of aliphatic hydroxyl groups is 1. The number of hydrogen-bond donors (Lipinski definition) is 2. The first kappa shape index (κ1) is 30.9. The van der Waals surface area contributed by atoms with Crippen molar-refractivity contribution in [2.75, 3.05) is 6.61 Å². The highest BCUT2D eigenvalue weighted by Crippen LogP contribution is 2.75. The van der Waals surface area contributed by atoms with Crippen LogP contribution >= 0.6 is 0 Å². The van der Waals surface area contributed by atoms with E-state index in [1.54, 1.807) is 35.9 Å². The van der Waals surface area contributed by atoms with E-state index in [-0.39, 0.29) is 44.9 Å². The largest absolute Gasteiger partial charge is 0.508 e. The summed E-state index contributed by atoms with van der Waals surface area (Å²) in [7, 11) is 0. The Morgan fingerprint density at radius 2 is 1.60 bits per heavy atom. The second-order valence-electron chi connectivity index (χ2n) is 17.4. The van der Waals surface area contributed by atoms with Gasteiger partial charge in [-0.1, -0.05) is 72.2 Å². The molecule has 4 nitrogen and oxygen atoms in total. The van der Waals surface area contributed by atoms with Crippen LogP contribution in [0.15, 0.2) is 42.0 Å². The minimum atomic E-state index is -0.280. The number of fused-ring (bicyclic) bond motifs is 7. The van der Waals surface area contributed by atoms with E-state index in [0.717, 1.165) is 37.7 Å². The van der Waals surface area contributed by atoms with Gasteiger partial charge in [0, 0.05) is 23.5 Å². The first-order chi connectivity index (χ1) is 20.1. The first-order valence-corrected chi connectivity index (χ1v) is 17.1. The van der Waals surface area contributed by atoms with Crippen molar-refractivity contribution < 1.29 is 19.7 Å². The minimum absolute atomic E-state index is 0.0752. The molecule has 0 radical (unpaired) electrons. The van der Waals surface area contributed by atoms with Gasteiger partial charge in [-0.25, -0.2) is 4.79 Å². The minimum Gasteiger partial charge on any atom is -0.508 e. The van der Waals surface area contributed by atoms with Crippen LogP contribution in [0.2, 0.25) is 0 Å². The van der Waals surface area contributed by atoms with Crippen molar-refractivity contribution in [3.8, 4) is 5.75 Å². The predicted octanol–water partition coefficient (Wildman–Crippen LogP) is 9.11. The maximum Gasteiger partial charge on any atom is 0.331 e. The molecule has 4 fully saturated rings. The van der Waals surface area contributed by atoms with Crippen LogP contribution in [-0.2, 0) is 9.53 Å². The number of rotatable bonds is 4. The van der Waals surface area contributed by atoms with E-state index in [1.165, 1.54) is 38.2 Å². The Hall–Kier alpha value is -2.07. The lowest BCUT2D eigenvalue weighted by atomic mass is 9.33. The number of ether oxygens (including phenoxy) is 1. The average molecular weight is 589 g/mol. The van der Waals surface area contributed by atoms with E-state index >= 15 is 0 Å². The summed E-state index contributed by atoms with van der Waals surface area (Å²) in [5.74, 6) is 1.55. The zero-order valence-corrected chi connectivity index (χ0v) is 27.8. The first-order valence-electron chi connectivity index (χ1n) is 17.1. The number of esters is 1. The number of allylic oxidation sites excluding steroid dienone is 2. The summed E-state index contributed by atoms with van der Waals surface area (Å²) >= 11 is 0. The summed E-state index contributed by atoms with van der Waals surface area (Å²) in [5.41, 5.74) is 3.48. The molecular weight excluding hydrogens is 532 g/mol. The maximum absolute atomic E-state index is 13.0. The second kappa shape index (κ2) is 10.2. The average Bonchev–Trinajstić information content (AvgIpc) is 2.94. The molecule has 0 saturated heterocycles. The molecule has 4 saturated carbocycles. The van der Waals surface area contributed by atoms with E-state index in [0.29, 0.717) is 29.8 Å². The fourth-order valence-corrected chi connectivity index (χ4v) is 11.8. The lowest BCUT2D eigenvalue weighted by Crippen LogP contribution is -2.65. The van der Waals surface area contributed by atoms with Crippen LogP contribution in [0.3, 0.4) is 0 Å². The molecule has 2 N–H and O–H groups in total. The molecule has 5 aliphatic rings. The summed E-state index contributed by atoms with van der Waals surface area (Å²) in [5, 5.41) is 20.3. The third kappa shape index (κ3) is 4.67. The summed E-state index contributed by atoms with van der Waals surface area (Å²) in [6.07, 6.45) is 17.4. The molecule has 8 atom stereocenters. The molecule has 0 aromatic heterocycles. The number of benzene rings is 1. The quantitative estimate of drug-likeness (QED) is 0.209.